The van der Waals surface area contributed by atoms with Crippen molar-refractivity contribution in [1.82, 2.24) is 0 Å². The van der Waals surface area contributed by atoms with Gasteiger partial charge in [0.1, 0.15) is 6.61 Å². The Bertz CT molecular complexity index is 901. The van der Waals surface area contributed by atoms with Crippen LogP contribution in [-0.4, -0.2) is 170 Å². The predicted molar refractivity (Wildman–Crippen MR) is 179 cm³/mol. The van der Waals surface area contributed by atoms with E-state index in [4.69, 9.17) is 61.6 Å². The number of hydrogen-bond donors (Lipinski definition) is 0. The summed E-state index contributed by atoms with van der Waals surface area (Å²) in [6, 6.07) is 8.26. The third kappa shape index (κ3) is 26.7. The minimum absolute atomic E-state index is 0.00307. The summed E-state index contributed by atoms with van der Waals surface area (Å²) in [5, 5.41) is 0. The van der Waals surface area contributed by atoms with Crippen LogP contribution in [0.25, 0.3) is 0 Å². The van der Waals surface area contributed by atoms with Crippen molar-refractivity contribution in [2.45, 2.75) is 25.6 Å². The molecule has 50 heavy (non-hydrogen) atoms. The van der Waals surface area contributed by atoms with Gasteiger partial charge >= 0.3 is 5.97 Å². The Morgan fingerprint density at radius 1 is 0.480 bits per heavy atom. The maximum Gasteiger partial charge on any atom is 0.379 e. The van der Waals surface area contributed by atoms with Gasteiger partial charge in [0.25, 0.3) is 5.78 Å². The lowest BCUT2D eigenvalue weighted by Gasteiger charge is -2.22. The molecular formula is C35H58O15. The predicted octanol–water partition coefficient (Wildman–Crippen LogP) is 2.12. The fourth-order valence-electron chi connectivity index (χ4n) is 4.13. The Labute approximate surface area is 296 Å². The standard InChI is InChI=1S/C35H58O15/c36-34(32-6-2-1-3-7-32)35(37)50-31-29-47-27-25-45-23-21-43-19-17-41-15-13-39-11-10-38-12-14-40-16-18-42-20-22-44-24-26-46-28-30-49-33-8-4-5-9-48-33/h1-3,6-7,33H,4-5,8-31H2. The number of carbonyl (C=O) groups is 2. The van der Waals surface area contributed by atoms with Crippen LogP contribution in [-0.2, 0) is 66.4 Å². The average Bonchev–Trinajstić information content (AvgIpc) is 3.15. The first-order chi connectivity index (χ1) is 24.8. The summed E-state index contributed by atoms with van der Waals surface area (Å²) in [5.41, 5.74) is 0.295. The van der Waals surface area contributed by atoms with E-state index in [9.17, 15) is 9.59 Å². The molecule has 0 N–H and O–H groups in total. The van der Waals surface area contributed by atoms with Crippen LogP contribution in [0.3, 0.4) is 0 Å². The zero-order valence-electron chi connectivity index (χ0n) is 29.5. The van der Waals surface area contributed by atoms with Gasteiger partial charge in [-0.1, -0.05) is 30.3 Å². The Morgan fingerprint density at radius 3 is 1.20 bits per heavy atom. The highest BCUT2D eigenvalue weighted by Crippen LogP contribution is 2.13. The van der Waals surface area contributed by atoms with Crippen molar-refractivity contribution >= 4 is 11.8 Å². The minimum Gasteiger partial charge on any atom is -0.457 e. The van der Waals surface area contributed by atoms with Crippen LogP contribution in [0.5, 0.6) is 0 Å². The second kappa shape index (κ2) is 34.0. The summed E-state index contributed by atoms with van der Waals surface area (Å²) in [7, 11) is 0. The molecule has 1 fully saturated rings. The number of carbonyl (C=O) groups excluding carboxylic acids is 2. The third-order valence-corrected chi connectivity index (χ3v) is 6.70. The van der Waals surface area contributed by atoms with Crippen LogP contribution in [0.2, 0.25) is 0 Å². The monoisotopic (exact) mass is 718 g/mol. The van der Waals surface area contributed by atoms with Gasteiger partial charge in [0.15, 0.2) is 6.29 Å². The first kappa shape index (κ1) is 44.0. The highest BCUT2D eigenvalue weighted by Gasteiger charge is 2.17. The molecule has 0 aliphatic carbocycles. The van der Waals surface area contributed by atoms with Crippen molar-refractivity contribution in [1.29, 1.82) is 0 Å². The zero-order valence-corrected chi connectivity index (χ0v) is 29.5. The smallest absolute Gasteiger partial charge is 0.379 e. The Morgan fingerprint density at radius 2 is 0.840 bits per heavy atom. The normalized spacial score (nSPS) is 14.6. The summed E-state index contributed by atoms with van der Waals surface area (Å²) >= 11 is 0. The van der Waals surface area contributed by atoms with Gasteiger partial charge in [-0.15, -0.1) is 0 Å². The number of esters is 1. The number of Topliss-reactive ketones (excluding diaryl/α,β-unsaturated/α-hetero) is 1. The van der Waals surface area contributed by atoms with E-state index in [1.54, 1.807) is 30.3 Å². The largest absolute Gasteiger partial charge is 0.457 e. The molecule has 0 bridgehead atoms. The molecule has 1 aromatic carbocycles. The Balaban J connectivity index is 1.15. The van der Waals surface area contributed by atoms with Crippen molar-refractivity contribution in [3.8, 4) is 0 Å². The highest BCUT2D eigenvalue weighted by molar-refractivity contribution is 6.40. The Kier molecular flexibility index (Phi) is 29.9. The number of ketones is 1. The minimum atomic E-state index is -0.897. The zero-order chi connectivity index (χ0) is 35.4. The maximum absolute atomic E-state index is 11.9. The van der Waals surface area contributed by atoms with E-state index >= 15 is 0 Å². The molecule has 1 aromatic rings. The molecule has 0 saturated carbocycles. The van der Waals surface area contributed by atoms with E-state index in [0.29, 0.717) is 138 Å². The quantitative estimate of drug-likeness (QED) is 0.0430. The molecule has 1 heterocycles. The molecule has 288 valence electrons. The first-order valence-corrected chi connectivity index (χ1v) is 17.5. The number of ether oxygens (including phenoxy) is 13. The molecule has 0 amide bonds. The summed E-state index contributed by atoms with van der Waals surface area (Å²) < 4.78 is 70.6. The molecule has 15 nitrogen and oxygen atoms in total. The van der Waals surface area contributed by atoms with Crippen molar-refractivity contribution in [3.05, 3.63) is 35.9 Å². The van der Waals surface area contributed by atoms with Crippen LogP contribution >= 0.6 is 0 Å². The Hall–Kier alpha value is -2.12. The number of benzene rings is 1. The molecule has 1 aliphatic rings. The SMILES string of the molecule is O=C(OCCOCCOCCOCCOCCOCCOCCOCCOCCOCCOCCOC1CCCCO1)C(=O)c1ccccc1. The fraction of sp³-hybridized carbons (Fsp3) is 0.771. The second-order valence-electron chi connectivity index (χ2n) is 10.6. The average molecular weight is 719 g/mol. The summed E-state index contributed by atoms with van der Waals surface area (Å²) in [6.45, 7) is 10.5. The summed E-state index contributed by atoms with van der Waals surface area (Å²) in [6.07, 6.45) is 3.16. The molecule has 1 atom stereocenters. The van der Waals surface area contributed by atoms with Crippen molar-refractivity contribution in [2.24, 2.45) is 0 Å². The third-order valence-electron chi connectivity index (χ3n) is 6.70. The van der Waals surface area contributed by atoms with E-state index in [2.05, 4.69) is 0 Å². The lowest BCUT2D eigenvalue weighted by molar-refractivity contribution is -0.169. The van der Waals surface area contributed by atoms with Crippen LogP contribution in [0.1, 0.15) is 29.6 Å². The lowest BCUT2D eigenvalue weighted by Crippen LogP contribution is -2.24. The van der Waals surface area contributed by atoms with Crippen LogP contribution < -0.4 is 0 Å². The molecular weight excluding hydrogens is 660 g/mol. The van der Waals surface area contributed by atoms with E-state index in [-0.39, 0.29) is 19.5 Å². The van der Waals surface area contributed by atoms with Crippen LogP contribution in [0.4, 0.5) is 0 Å². The van der Waals surface area contributed by atoms with Crippen LogP contribution in [0, 0.1) is 0 Å². The number of hydrogen-bond acceptors (Lipinski definition) is 15. The van der Waals surface area contributed by atoms with E-state index < -0.39 is 11.8 Å². The summed E-state index contributed by atoms with van der Waals surface area (Å²) in [5.74, 6) is -1.57. The van der Waals surface area contributed by atoms with Gasteiger partial charge < -0.3 is 61.6 Å². The second-order valence-corrected chi connectivity index (χ2v) is 10.6. The van der Waals surface area contributed by atoms with Gasteiger partial charge in [0.2, 0.25) is 0 Å². The first-order valence-electron chi connectivity index (χ1n) is 17.5. The van der Waals surface area contributed by atoms with Gasteiger partial charge in [0.05, 0.1) is 139 Å². The van der Waals surface area contributed by atoms with Gasteiger partial charge in [0, 0.05) is 12.2 Å². The molecule has 1 unspecified atom stereocenters. The van der Waals surface area contributed by atoms with Crippen molar-refractivity contribution in [3.63, 3.8) is 0 Å². The molecule has 1 saturated heterocycles. The lowest BCUT2D eigenvalue weighted by atomic mass is 10.1. The summed E-state index contributed by atoms with van der Waals surface area (Å²) in [4.78, 5) is 23.6. The van der Waals surface area contributed by atoms with Gasteiger partial charge in [-0.05, 0) is 19.3 Å². The van der Waals surface area contributed by atoms with E-state index in [1.165, 1.54) is 0 Å². The molecule has 15 heteroatoms. The van der Waals surface area contributed by atoms with E-state index in [1.807, 2.05) is 0 Å². The van der Waals surface area contributed by atoms with Crippen LogP contribution in [0.15, 0.2) is 30.3 Å². The molecule has 0 aromatic heterocycles. The molecule has 1 aliphatic heterocycles. The molecule has 2 rings (SSSR count). The van der Waals surface area contributed by atoms with E-state index in [0.717, 1.165) is 25.9 Å². The molecule has 0 spiro atoms. The highest BCUT2D eigenvalue weighted by atomic mass is 16.7. The van der Waals surface area contributed by atoms with Gasteiger partial charge in [-0.3, -0.25) is 4.79 Å². The maximum atomic E-state index is 11.9. The van der Waals surface area contributed by atoms with Crippen molar-refractivity contribution in [2.75, 3.05) is 152 Å². The van der Waals surface area contributed by atoms with Crippen molar-refractivity contribution < 1.29 is 71.2 Å². The fourth-order valence-corrected chi connectivity index (χ4v) is 4.13. The van der Waals surface area contributed by atoms with Gasteiger partial charge in [-0.2, -0.15) is 0 Å². The molecule has 0 radical (unpaired) electrons. The topological polar surface area (TPSA) is 154 Å². The number of rotatable bonds is 36. The van der Waals surface area contributed by atoms with Gasteiger partial charge in [-0.25, -0.2) is 4.79 Å².